The van der Waals surface area contributed by atoms with Gasteiger partial charge in [0.25, 0.3) is 0 Å². The third kappa shape index (κ3) is 4.80. The first-order valence-electron chi connectivity index (χ1n) is 9.10. The van der Waals surface area contributed by atoms with Crippen molar-refractivity contribution in [2.75, 3.05) is 12.4 Å². The van der Waals surface area contributed by atoms with Gasteiger partial charge in [0, 0.05) is 24.0 Å². The van der Waals surface area contributed by atoms with E-state index in [0.717, 1.165) is 34.0 Å². The molecule has 1 aromatic carbocycles. The molecule has 3 rings (SSSR count). The number of nitrogens with one attached hydrogen (secondary N) is 1. The molecule has 0 fully saturated rings. The first kappa shape index (κ1) is 19.2. The van der Waals surface area contributed by atoms with Gasteiger partial charge >= 0.3 is 0 Å². The van der Waals surface area contributed by atoms with Crippen molar-refractivity contribution in [2.24, 2.45) is 0 Å². The smallest absolute Gasteiger partial charge is 0.230 e. The molecule has 1 N–H and O–H groups in total. The first-order chi connectivity index (χ1) is 13.1. The number of ether oxygens (including phenoxy) is 1. The molecule has 0 saturated carbocycles. The largest absolute Gasteiger partial charge is 0.494 e. The topological polar surface area (TPSA) is 68.5 Å². The molecular formula is C20H24N4O2S. The highest BCUT2D eigenvalue weighted by Crippen LogP contribution is 2.27. The van der Waals surface area contributed by atoms with E-state index in [1.54, 1.807) is 10.7 Å². The maximum Gasteiger partial charge on any atom is 0.230 e. The molecule has 7 heteroatoms. The number of rotatable bonds is 8. The lowest BCUT2D eigenvalue weighted by Gasteiger charge is -2.10. The molecule has 0 radical (unpaired) electrons. The van der Waals surface area contributed by atoms with Gasteiger partial charge in [-0.05, 0) is 50.6 Å². The van der Waals surface area contributed by atoms with Crippen LogP contribution >= 0.6 is 11.8 Å². The second-order valence-corrected chi connectivity index (χ2v) is 7.18. The molecular weight excluding hydrogens is 360 g/mol. The summed E-state index contributed by atoms with van der Waals surface area (Å²) in [5.41, 5.74) is 2.76. The molecule has 3 aromatic rings. The summed E-state index contributed by atoms with van der Waals surface area (Å²) in [6.45, 7) is 6.66. The van der Waals surface area contributed by atoms with Gasteiger partial charge in [0.1, 0.15) is 10.8 Å². The Morgan fingerprint density at radius 1 is 1.30 bits per heavy atom. The van der Waals surface area contributed by atoms with Gasteiger partial charge in [-0.1, -0.05) is 18.7 Å². The van der Waals surface area contributed by atoms with E-state index in [-0.39, 0.29) is 11.9 Å². The highest BCUT2D eigenvalue weighted by atomic mass is 32.2. The number of nitrogens with zero attached hydrogens (tertiary/aromatic N) is 3. The average Bonchev–Trinajstić information content (AvgIpc) is 3.12. The van der Waals surface area contributed by atoms with Crippen LogP contribution < -0.4 is 10.1 Å². The van der Waals surface area contributed by atoms with E-state index in [9.17, 15) is 4.79 Å². The predicted octanol–water partition coefficient (Wildman–Crippen LogP) is 3.80. The zero-order valence-corrected chi connectivity index (χ0v) is 16.6. The Morgan fingerprint density at radius 3 is 2.78 bits per heavy atom. The number of aromatic nitrogens is 3. The van der Waals surface area contributed by atoms with Crippen molar-refractivity contribution in [1.82, 2.24) is 19.9 Å². The fraction of sp³-hybridized carbons (Fsp3) is 0.350. The summed E-state index contributed by atoms with van der Waals surface area (Å²) < 4.78 is 7.29. The maximum absolute atomic E-state index is 12.0. The van der Waals surface area contributed by atoms with Crippen molar-refractivity contribution < 1.29 is 9.53 Å². The number of thioether (sulfide) groups is 1. The maximum atomic E-state index is 12.0. The van der Waals surface area contributed by atoms with Gasteiger partial charge < -0.3 is 10.1 Å². The van der Waals surface area contributed by atoms with Gasteiger partial charge in [0.15, 0.2) is 0 Å². The van der Waals surface area contributed by atoms with Crippen LogP contribution in [0.15, 0.2) is 47.8 Å². The molecule has 0 bridgehead atoms. The van der Waals surface area contributed by atoms with Gasteiger partial charge in [-0.2, -0.15) is 5.10 Å². The summed E-state index contributed by atoms with van der Waals surface area (Å²) in [5.74, 6) is 1.19. The van der Waals surface area contributed by atoms with E-state index in [4.69, 9.17) is 4.74 Å². The van der Waals surface area contributed by atoms with E-state index in [1.807, 2.05) is 50.4 Å². The van der Waals surface area contributed by atoms with E-state index >= 15 is 0 Å². The van der Waals surface area contributed by atoms with Gasteiger partial charge in [-0.25, -0.2) is 9.50 Å². The Bertz CT molecular complexity index is 908. The zero-order chi connectivity index (χ0) is 19.2. The molecule has 2 heterocycles. The molecule has 0 spiro atoms. The summed E-state index contributed by atoms with van der Waals surface area (Å²) in [4.78, 5) is 16.5. The highest BCUT2D eigenvalue weighted by Gasteiger charge is 2.12. The van der Waals surface area contributed by atoms with Crippen LogP contribution in [0.3, 0.4) is 0 Å². The number of benzene rings is 1. The summed E-state index contributed by atoms with van der Waals surface area (Å²) >= 11 is 1.42. The number of carbonyl (C=O) groups excluding carboxylic acids is 1. The number of fused-ring (bicyclic) bond motifs is 1. The molecule has 0 saturated heterocycles. The Labute approximate surface area is 163 Å². The lowest BCUT2D eigenvalue weighted by atomic mass is 10.1. The molecule has 1 amide bonds. The zero-order valence-electron chi connectivity index (χ0n) is 15.8. The summed E-state index contributed by atoms with van der Waals surface area (Å²) in [6, 6.07) is 10.0. The van der Waals surface area contributed by atoms with E-state index in [0.29, 0.717) is 12.4 Å². The van der Waals surface area contributed by atoms with Crippen LogP contribution in [0.1, 0.15) is 27.2 Å². The lowest BCUT2D eigenvalue weighted by Crippen LogP contribution is -2.33. The fourth-order valence-electron chi connectivity index (χ4n) is 2.59. The second kappa shape index (κ2) is 8.90. The van der Waals surface area contributed by atoms with Crippen molar-refractivity contribution in [3.8, 4) is 17.0 Å². The molecule has 27 heavy (non-hydrogen) atoms. The molecule has 6 nitrogen and oxygen atoms in total. The number of hydrogen-bond donors (Lipinski definition) is 1. The minimum absolute atomic E-state index is 0.0180. The number of amides is 1. The standard InChI is InChI=1S/C20H24N4O2S/c1-4-14(3)22-19(25)13-27-20-18-12-17(23-24(18)11-10-21-20)15-6-8-16(9-7-15)26-5-2/h6-12,14H,4-5,13H2,1-3H3,(H,22,25)/t14-/m1/s1. The van der Waals surface area contributed by atoms with Crippen LogP contribution in [0, 0.1) is 0 Å². The number of hydrogen-bond acceptors (Lipinski definition) is 5. The van der Waals surface area contributed by atoms with Crippen LogP contribution in [0.25, 0.3) is 16.8 Å². The normalized spacial score (nSPS) is 12.1. The SMILES string of the molecule is CCOc1ccc(-c2cc3c(SCC(=O)N[C@H](C)CC)nccn3n2)cc1. The third-order valence-electron chi connectivity index (χ3n) is 4.18. The van der Waals surface area contributed by atoms with Crippen molar-refractivity contribution in [1.29, 1.82) is 0 Å². The van der Waals surface area contributed by atoms with E-state index < -0.39 is 0 Å². The second-order valence-electron chi connectivity index (χ2n) is 6.21. The van der Waals surface area contributed by atoms with Gasteiger partial charge in [-0.15, -0.1) is 0 Å². The Morgan fingerprint density at radius 2 is 2.07 bits per heavy atom. The number of carbonyl (C=O) groups is 1. The summed E-state index contributed by atoms with van der Waals surface area (Å²) in [5, 5.41) is 8.40. The molecule has 2 aromatic heterocycles. The van der Waals surface area contributed by atoms with Crippen molar-refractivity contribution in [2.45, 2.75) is 38.3 Å². The first-order valence-corrected chi connectivity index (χ1v) is 10.1. The van der Waals surface area contributed by atoms with Gasteiger partial charge in [0.05, 0.1) is 23.6 Å². The monoisotopic (exact) mass is 384 g/mol. The van der Waals surface area contributed by atoms with E-state index in [2.05, 4.69) is 22.3 Å². The van der Waals surface area contributed by atoms with Crippen molar-refractivity contribution in [3.63, 3.8) is 0 Å². The van der Waals surface area contributed by atoms with Crippen molar-refractivity contribution in [3.05, 3.63) is 42.7 Å². The quantitative estimate of drug-likeness (QED) is 0.598. The Kier molecular flexibility index (Phi) is 6.34. The predicted molar refractivity (Wildman–Crippen MR) is 108 cm³/mol. The lowest BCUT2D eigenvalue weighted by molar-refractivity contribution is -0.119. The minimum atomic E-state index is 0.0180. The van der Waals surface area contributed by atoms with Crippen LogP contribution in [0.4, 0.5) is 0 Å². The molecule has 0 unspecified atom stereocenters. The Balaban J connectivity index is 1.77. The van der Waals surface area contributed by atoms with Gasteiger partial charge in [-0.3, -0.25) is 4.79 Å². The summed E-state index contributed by atoms with van der Waals surface area (Å²) in [6.07, 6.45) is 4.44. The molecule has 142 valence electrons. The third-order valence-corrected chi connectivity index (χ3v) is 5.17. The molecule has 0 aliphatic rings. The summed E-state index contributed by atoms with van der Waals surface area (Å²) in [7, 11) is 0. The minimum Gasteiger partial charge on any atom is -0.494 e. The highest BCUT2D eigenvalue weighted by molar-refractivity contribution is 8.00. The Hall–Kier alpha value is -2.54. The molecule has 0 aliphatic heterocycles. The van der Waals surface area contributed by atoms with Crippen molar-refractivity contribution >= 4 is 23.2 Å². The van der Waals surface area contributed by atoms with E-state index in [1.165, 1.54) is 11.8 Å². The van der Waals surface area contributed by atoms with Crippen LogP contribution in [-0.4, -0.2) is 38.9 Å². The van der Waals surface area contributed by atoms with Crippen LogP contribution in [0.5, 0.6) is 5.75 Å². The fourth-order valence-corrected chi connectivity index (χ4v) is 3.38. The van der Waals surface area contributed by atoms with Crippen LogP contribution in [-0.2, 0) is 4.79 Å². The molecule has 1 atom stereocenters. The molecule has 0 aliphatic carbocycles. The van der Waals surface area contributed by atoms with Gasteiger partial charge in [0.2, 0.25) is 5.91 Å². The van der Waals surface area contributed by atoms with Crippen LogP contribution in [0.2, 0.25) is 0 Å². The average molecular weight is 385 g/mol.